The Kier molecular flexibility index (Phi) is 5.56. The summed E-state index contributed by atoms with van der Waals surface area (Å²) >= 11 is 0. The van der Waals surface area contributed by atoms with Gasteiger partial charge in [-0.3, -0.25) is 0 Å². The van der Waals surface area contributed by atoms with Crippen molar-refractivity contribution in [1.29, 1.82) is 0 Å². The van der Waals surface area contributed by atoms with Crippen molar-refractivity contribution >= 4 is 11.5 Å². The molecule has 0 saturated carbocycles. The Balaban J connectivity index is 2.22. The van der Waals surface area contributed by atoms with Gasteiger partial charge in [0.05, 0.1) is 7.11 Å². The smallest absolute Gasteiger partial charge is 0.374 e. The lowest BCUT2D eigenvalue weighted by Crippen LogP contribution is -2.16. The molecule has 0 atom stereocenters. The molecular weight excluding hydrogens is 342 g/mol. The third-order valence-electron chi connectivity index (χ3n) is 3.75. The Morgan fingerprint density at radius 3 is 1.70 bits per heavy atom. The highest BCUT2D eigenvalue weighted by molar-refractivity contribution is 6.00. The summed E-state index contributed by atoms with van der Waals surface area (Å²) in [5.41, 5.74) is 2.22. The number of methoxy groups -OCH3 is 1. The van der Waals surface area contributed by atoms with Crippen LogP contribution in [0.5, 0.6) is 6.01 Å². The van der Waals surface area contributed by atoms with Gasteiger partial charge in [-0.1, -0.05) is 60.7 Å². The van der Waals surface area contributed by atoms with E-state index in [1.807, 2.05) is 60.7 Å². The Morgan fingerprint density at radius 2 is 1.26 bits per heavy atom. The first-order valence-electron chi connectivity index (χ1n) is 8.39. The zero-order valence-corrected chi connectivity index (χ0v) is 15.3. The molecular formula is C21H19N3O3. The minimum Gasteiger partial charge on any atom is -0.463 e. The zero-order chi connectivity index (χ0) is 19.2. The largest absolute Gasteiger partial charge is 0.463 e. The lowest BCUT2D eigenvalue weighted by Gasteiger charge is -2.15. The van der Waals surface area contributed by atoms with Crippen LogP contribution in [0, 0.1) is 13.8 Å². The van der Waals surface area contributed by atoms with Crippen LogP contribution in [0.2, 0.25) is 0 Å². The monoisotopic (exact) mass is 361 g/mol. The molecule has 2 aromatic carbocycles. The molecule has 0 bridgehead atoms. The van der Waals surface area contributed by atoms with E-state index in [4.69, 9.17) is 9.47 Å². The molecule has 3 aromatic rings. The van der Waals surface area contributed by atoms with E-state index in [2.05, 4.69) is 15.0 Å². The van der Waals surface area contributed by atoms with Gasteiger partial charge < -0.3 is 9.47 Å². The van der Waals surface area contributed by atoms with Crippen molar-refractivity contribution in [2.75, 3.05) is 7.11 Å². The fourth-order valence-electron chi connectivity index (χ4n) is 2.65. The van der Waals surface area contributed by atoms with Crippen LogP contribution in [0.3, 0.4) is 0 Å². The molecule has 1 aromatic heterocycles. The molecule has 0 N–H and O–H groups in total. The number of aromatic nitrogens is 3. The fourth-order valence-corrected chi connectivity index (χ4v) is 2.65. The third-order valence-corrected chi connectivity index (χ3v) is 3.75. The van der Waals surface area contributed by atoms with Gasteiger partial charge >= 0.3 is 12.0 Å². The maximum Gasteiger partial charge on any atom is 0.374 e. The number of rotatable bonds is 5. The Hall–Kier alpha value is -3.54. The maximum atomic E-state index is 12.6. The standard InChI is InChI=1S/C21H19N3O3/c1-14-22-15(2)24-21(23-14)27-19(20(25)26-3)18(16-10-6-4-7-11-16)17-12-8-5-9-13-17/h4-13H,1-3H3. The molecule has 0 fully saturated rings. The van der Waals surface area contributed by atoms with Gasteiger partial charge in [-0.15, -0.1) is 0 Å². The molecule has 0 aliphatic carbocycles. The number of benzene rings is 2. The molecule has 0 spiro atoms. The van der Waals surface area contributed by atoms with Crippen LogP contribution in [-0.4, -0.2) is 28.0 Å². The molecule has 0 amide bonds. The molecule has 0 saturated heterocycles. The highest BCUT2D eigenvalue weighted by atomic mass is 16.6. The van der Waals surface area contributed by atoms with E-state index in [0.717, 1.165) is 11.1 Å². The molecule has 0 unspecified atom stereocenters. The molecule has 27 heavy (non-hydrogen) atoms. The van der Waals surface area contributed by atoms with Gasteiger partial charge in [-0.25, -0.2) is 9.78 Å². The highest BCUT2D eigenvalue weighted by Crippen LogP contribution is 2.28. The Labute approximate surface area is 157 Å². The molecule has 1 heterocycles. The van der Waals surface area contributed by atoms with E-state index >= 15 is 0 Å². The number of nitrogens with zero attached hydrogens (tertiary/aromatic N) is 3. The molecule has 0 radical (unpaired) electrons. The lowest BCUT2D eigenvalue weighted by molar-refractivity contribution is -0.138. The quantitative estimate of drug-likeness (QED) is 0.393. The maximum absolute atomic E-state index is 12.6. The van der Waals surface area contributed by atoms with Gasteiger partial charge in [-0.05, 0) is 25.0 Å². The van der Waals surface area contributed by atoms with Gasteiger partial charge in [0.1, 0.15) is 11.6 Å². The van der Waals surface area contributed by atoms with Crippen LogP contribution < -0.4 is 4.74 Å². The second-order valence-electron chi connectivity index (χ2n) is 5.74. The predicted molar refractivity (Wildman–Crippen MR) is 101 cm³/mol. The number of carbonyl (C=O) groups is 1. The predicted octanol–water partition coefficient (Wildman–Crippen LogP) is 3.50. The van der Waals surface area contributed by atoms with Crippen LogP contribution in [0.1, 0.15) is 22.8 Å². The van der Waals surface area contributed by atoms with E-state index in [1.54, 1.807) is 13.8 Å². The van der Waals surface area contributed by atoms with Crippen molar-refractivity contribution < 1.29 is 14.3 Å². The Morgan fingerprint density at radius 1 is 0.778 bits per heavy atom. The van der Waals surface area contributed by atoms with Crippen molar-refractivity contribution in [2.45, 2.75) is 13.8 Å². The summed E-state index contributed by atoms with van der Waals surface area (Å²) in [5.74, 6) is 0.402. The third kappa shape index (κ3) is 4.36. The SMILES string of the molecule is COC(=O)C(Oc1nc(C)nc(C)n1)=C(c1ccccc1)c1ccccc1. The van der Waals surface area contributed by atoms with E-state index < -0.39 is 5.97 Å². The normalized spacial score (nSPS) is 10.2. The second kappa shape index (κ2) is 8.23. The van der Waals surface area contributed by atoms with Crippen LogP contribution in [-0.2, 0) is 9.53 Å². The van der Waals surface area contributed by atoms with Crippen molar-refractivity contribution in [3.05, 3.63) is 89.2 Å². The molecule has 6 heteroatoms. The Bertz CT molecular complexity index is 909. The van der Waals surface area contributed by atoms with Gasteiger partial charge in [-0.2, -0.15) is 9.97 Å². The first-order valence-corrected chi connectivity index (χ1v) is 8.39. The van der Waals surface area contributed by atoms with Crippen LogP contribution in [0.25, 0.3) is 5.57 Å². The lowest BCUT2D eigenvalue weighted by atomic mass is 9.96. The van der Waals surface area contributed by atoms with Crippen molar-refractivity contribution in [2.24, 2.45) is 0 Å². The number of esters is 1. The van der Waals surface area contributed by atoms with Crippen LogP contribution in [0.4, 0.5) is 0 Å². The van der Waals surface area contributed by atoms with E-state index in [1.165, 1.54) is 7.11 Å². The summed E-state index contributed by atoms with van der Waals surface area (Å²) in [4.78, 5) is 25.1. The van der Waals surface area contributed by atoms with Crippen LogP contribution in [0.15, 0.2) is 66.4 Å². The number of aryl methyl sites for hydroxylation is 2. The number of hydrogen-bond acceptors (Lipinski definition) is 6. The minimum absolute atomic E-state index is 0.0138. The molecule has 0 aliphatic rings. The van der Waals surface area contributed by atoms with Crippen molar-refractivity contribution in [1.82, 2.24) is 15.0 Å². The number of ether oxygens (including phenoxy) is 2. The topological polar surface area (TPSA) is 74.2 Å². The number of hydrogen-bond donors (Lipinski definition) is 0. The molecule has 3 rings (SSSR count). The van der Waals surface area contributed by atoms with E-state index in [9.17, 15) is 4.79 Å². The average Bonchev–Trinajstić information content (AvgIpc) is 2.68. The minimum atomic E-state index is -0.617. The molecule has 136 valence electrons. The second-order valence-corrected chi connectivity index (χ2v) is 5.74. The first kappa shape index (κ1) is 18.3. The summed E-state index contributed by atoms with van der Waals surface area (Å²) in [5, 5.41) is 0. The van der Waals surface area contributed by atoms with E-state index in [-0.39, 0.29) is 11.8 Å². The zero-order valence-electron chi connectivity index (χ0n) is 15.3. The molecule has 0 aliphatic heterocycles. The number of carbonyl (C=O) groups excluding carboxylic acids is 1. The summed E-state index contributed by atoms with van der Waals surface area (Å²) in [7, 11) is 1.31. The van der Waals surface area contributed by atoms with Gasteiger partial charge in [0.2, 0.25) is 5.76 Å². The summed E-state index contributed by atoms with van der Waals surface area (Å²) in [6.45, 7) is 3.47. The first-order chi connectivity index (χ1) is 13.1. The summed E-state index contributed by atoms with van der Waals surface area (Å²) in [6, 6.07) is 19.0. The highest BCUT2D eigenvalue weighted by Gasteiger charge is 2.23. The van der Waals surface area contributed by atoms with Gasteiger partial charge in [0.15, 0.2) is 0 Å². The fraction of sp³-hybridized carbons (Fsp3) is 0.143. The van der Waals surface area contributed by atoms with Crippen molar-refractivity contribution in [3.8, 4) is 6.01 Å². The molecule has 6 nitrogen and oxygen atoms in total. The summed E-state index contributed by atoms with van der Waals surface area (Å²) < 4.78 is 10.8. The van der Waals surface area contributed by atoms with Crippen LogP contribution >= 0.6 is 0 Å². The van der Waals surface area contributed by atoms with Gasteiger partial charge in [0, 0.05) is 5.57 Å². The van der Waals surface area contributed by atoms with E-state index in [0.29, 0.717) is 17.2 Å². The average molecular weight is 361 g/mol. The van der Waals surface area contributed by atoms with Gasteiger partial charge in [0.25, 0.3) is 0 Å². The van der Waals surface area contributed by atoms with Crippen molar-refractivity contribution in [3.63, 3.8) is 0 Å². The summed E-state index contributed by atoms with van der Waals surface area (Å²) in [6.07, 6.45) is 0.